The molecule has 8 N–H and O–H groups in total. The molecule has 14 heteroatoms. The number of hydrogen-bond acceptors (Lipinski definition) is 8. The molecule has 0 aliphatic carbocycles. The first-order chi connectivity index (χ1) is 15.8. The summed E-state index contributed by atoms with van der Waals surface area (Å²) in [5, 5.41) is 50.8. The van der Waals surface area contributed by atoms with Crippen molar-refractivity contribution in [3.63, 3.8) is 0 Å². The minimum Gasteiger partial charge on any atom is -0.480 e. The average molecular weight is 501 g/mol. The number of nitrogens with two attached hydrogens (primary N) is 1. The number of hydrogen-bond donors (Lipinski definition) is 7. The molecule has 0 aliphatic heterocycles. The molecule has 1 aromatic carbocycles. The molecular weight excluding hydrogens is 472 g/mol. The van der Waals surface area contributed by atoms with Gasteiger partial charge in [-0.3, -0.25) is 29.0 Å². The first-order valence-electron chi connectivity index (χ1n) is 9.97. The van der Waals surface area contributed by atoms with E-state index in [1.807, 2.05) is 0 Å². The Labute approximate surface area is 200 Å². The minimum atomic E-state index is -2.12. The van der Waals surface area contributed by atoms with Crippen LogP contribution in [0.4, 0.5) is 5.69 Å². The van der Waals surface area contributed by atoms with E-state index in [-0.39, 0.29) is 24.6 Å². The third-order valence-corrected chi connectivity index (χ3v) is 5.15. The lowest BCUT2D eigenvalue weighted by Gasteiger charge is -2.42. The van der Waals surface area contributed by atoms with E-state index in [1.54, 1.807) is 24.3 Å². The average Bonchev–Trinajstić information content (AvgIpc) is 2.68. The zero-order chi connectivity index (χ0) is 26.1. The Morgan fingerprint density at radius 1 is 0.971 bits per heavy atom. The number of thiocarbonyl (C=S) groups is 1. The summed E-state index contributed by atoms with van der Waals surface area (Å²) in [6, 6.07) is 6.26. The highest BCUT2D eigenvalue weighted by Gasteiger charge is 2.49. The molecule has 0 radical (unpaired) electrons. The molecule has 0 heterocycles. The lowest BCUT2D eigenvalue weighted by Crippen LogP contribution is -2.65. The van der Waals surface area contributed by atoms with Crippen molar-refractivity contribution in [2.75, 3.05) is 38.0 Å². The van der Waals surface area contributed by atoms with Crippen LogP contribution in [-0.4, -0.2) is 109 Å². The molecule has 1 rings (SSSR count). The van der Waals surface area contributed by atoms with E-state index in [0.29, 0.717) is 11.3 Å². The Balaban J connectivity index is 3.33. The van der Waals surface area contributed by atoms with Crippen molar-refractivity contribution in [3.05, 3.63) is 29.8 Å². The van der Waals surface area contributed by atoms with Crippen molar-refractivity contribution in [2.24, 2.45) is 5.73 Å². The summed E-state index contributed by atoms with van der Waals surface area (Å²) < 4.78 is 0. The lowest BCUT2D eigenvalue weighted by molar-refractivity contribution is -0.164. The Bertz CT molecular complexity index is 894. The second-order valence-corrected chi connectivity index (χ2v) is 8.02. The van der Waals surface area contributed by atoms with E-state index in [9.17, 15) is 34.5 Å². The molecule has 0 saturated carbocycles. The fourth-order valence-corrected chi connectivity index (χ4v) is 3.63. The molecule has 0 aromatic heterocycles. The zero-order valence-corrected chi connectivity index (χ0v) is 19.2. The Hall–Kier alpha value is -3.33. The highest BCUT2D eigenvalue weighted by atomic mass is 32.1. The maximum Gasteiger partial charge on any atom is 0.327 e. The number of carbonyl (C=O) groups is 4. The minimum absolute atomic E-state index is 0.0246. The van der Waals surface area contributed by atoms with Crippen LogP contribution in [0.1, 0.15) is 12.5 Å². The highest BCUT2D eigenvalue weighted by Crippen LogP contribution is 2.27. The van der Waals surface area contributed by atoms with Crippen LogP contribution in [0.3, 0.4) is 0 Å². The van der Waals surface area contributed by atoms with Crippen molar-refractivity contribution in [1.29, 1.82) is 0 Å². The molecule has 0 saturated heterocycles. The number of nitrogens with one attached hydrogen (secondary N) is 1. The number of aliphatic carboxylic acids is 4. The van der Waals surface area contributed by atoms with E-state index < -0.39 is 55.2 Å². The van der Waals surface area contributed by atoms with E-state index in [4.69, 9.17) is 28.2 Å². The van der Waals surface area contributed by atoms with Crippen molar-refractivity contribution in [3.8, 4) is 0 Å². The van der Waals surface area contributed by atoms with Gasteiger partial charge in [0, 0.05) is 25.2 Å². The fraction of sp³-hybridized carbons (Fsp3) is 0.450. The van der Waals surface area contributed by atoms with Crippen LogP contribution in [0.2, 0.25) is 0 Å². The van der Waals surface area contributed by atoms with Crippen LogP contribution in [0.5, 0.6) is 0 Å². The Morgan fingerprint density at radius 2 is 1.47 bits per heavy atom. The fourth-order valence-electron chi connectivity index (χ4n) is 3.51. The summed E-state index contributed by atoms with van der Waals surface area (Å²) in [4.78, 5) is 48.2. The van der Waals surface area contributed by atoms with Gasteiger partial charge in [0.25, 0.3) is 0 Å². The number of carboxylic acids is 4. The molecule has 34 heavy (non-hydrogen) atoms. The van der Waals surface area contributed by atoms with Crippen molar-refractivity contribution >= 4 is 46.9 Å². The Kier molecular flexibility index (Phi) is 10.8. The topological polar surface area (TPSA) is 214 Å². The molecular formula is C20H28N4O9S. The van der Waals surface area contributed by atoms with Gasteiger partial charge in [-0.25, -0.2) is 0 Å². The normalized spacial score (nSPS) is 13.8. The number of anilines is 1. The second-order valence-electron chi connectivity index (χ2n) is 7.58. The van der Waals surface area contributed by atoms with Crippen molar-refractivity contribution in [1.82, 2.24) is 9.80 Å². The quantitative estimate of drug-likeness (QED) is 0.143. The molecule has 0 amide bonds. The predicted octanol–water partition coefficient (Wildman–Crippen LogP) is -1.05. The molecule has 1 aromatic rings. The maximum atomic E-state index is 12.5. The standard InChI is InChI=1S/C20H28N4O9S/c1-12(25)20(18(32)33,8-13-2-4-14(5-3-13)22-19(21)34)24(11-17(30)31)7-6-23(9-15(26)27)10-16(28)29/h2-5,12,25H,6-11H2,1H3,(H,26,27)(H,28,29)(H,30,31)(H,32,33)(H3,21,22,34). The highest BCUT2D eigenvalue weighted by molar-refractivity contribution is 7.80. The summed E-state index contributed by atoms with van der Waals surface area (Å²) in [5.41, 5.74) is 4.28. The van der Waals surface area contributed by atoms with E-state index in [1.165, 1.54) is 6.92 Å². The van der Waals surface area contributed by atoms with Gasteiger partial charge in [-0.2, -0.15) is 0 Å². The van der Waals surface area contributed by atoms with Gasteiger partial charge in [-0.1, -0.05) is 12.1 Å². The summed E-state index contributed by atoms with van der Waals surface area (Å²) in [6.45, 7) is -1.52. The number of aliphatic hydroxyl groups is 1. The summed E-state index contributed by atoms with van der Waals surface area (Å²) in [5.74, 6) is -5.50. The Morgan fingerprint density at radius 3 is 1.85 bits per heavy atom. The number of benzene rings is 1. The monoisotopic (exact) mass is 500 g/mol. The van der Waals surface area contributed by atoms with Crippen LogP contribution in [0, 0.1) is 0 Å². The molecule has 0 aliphatic rings. The van der Waals surface area contributed by atoms with Crippen LogP contribution in [0.25, 0.3) is 0 Å². The van der Waals surface area contributed by atoms with Gasteiger partial charge in [-0.05, 0) is 36.8 Å². The van der Waals surface area contributed by atoms with Crippen LogP contribution in [0.15, 0.2) is 24.3 Å². The van der Waals surface area contributed by atoms with Gasteiger partial charge in [0.05, 0.1) is 25.7 Å². The zero-order valence-electron chi connectivity index (χ0n) is 18.4. The first kappa shape index (κ1) is 28.7. The van der Waals surface area contributed by atoms with Crippen LogP contribution < -0.4 is 11.1 Å². The molecule has 0 bridgehead atoms. The maximum absolute atomic E-state index is 12.5. The second kappa shape index (κ2) is 12.8. The SMILES string of the molecule is CC(O)C(Cc1ccc(NC(N)=S)cc1)(C(=O)O)N(CCN(CC(=O)O)CC(=O)O)CC(=O)O. The number of aliphatic hydroxyl groups excluding tert-OH is 1. The first-order valence-corrected chi connectivity index (χ1v) is 10.4. The molecule has 13 nitrogen and oxygen atoms in total. The summed E-state index contributed by atoms with van der Waals surface area (Å²) in [7, 11) is 0. The number of rotatable bonds is 15. The van der Waals surface area contributed by atoms with Crippen LogP contribution in [-0.2, 0) is 25.6 Å². The van der Waals surface area contributed by atoms with E-state index >= 15 is 0 Å². The van der Waals surface area contributed by atoms with Gasteiger partial charge in [0.1, 0.15) is 5.54 Å². The van der Waals surface area contributed by atoms with Crippen LogP contribution >= 0.6 is 12.2 Å². The lowest BCUT2D eigenvalue weighted by atomic mass is 9.83. The number of carboxylic acid groups (broad SMARTS) is 4. The van der Waals surface area contributed by atoms with Gasteiger partial charge >= 0.3 is 23.9 Å². The third kappa shape index (κ3) is 8.55. The van der Waals surface area contributed by atoms with Gasteiger partial charge in [0.15, 0.2) is 5.11 Å². The largest absolute Gasteiger partial charge is 0.480 e. The van der Waals surface area contributed by atoms with E-state index in [0.717, 1.165) is 9.80 Å². The van der Waals surface area contributed by atoms with Crippen molar-refractivity contribution in [2.45, 2.75) is 25.0 Å². The van der Waals surface area contributed by atoms with Gasteiger partial charge in [-0.15, -0.1) is 0 Å². The molecule has 0 spiro atoms. The number of nitrogens with zero attached hydrogens (tertiary/aromatic N) is 2. The molecule has 2 unspecified atom stereocenters. The molecule has 188 valence electrons. The molecule has 0 fully saturated rings. The van der Waals surface area contributed by atoms with Gasteiger partial charge in [0.2, 0.25) is 0 Å². The molecule has 2 atom stereocenters. The summed E-state index contributed by atoms with van der Waals surface area (Å²) in [6.07, 6.45) is -1.87. The van der Waals surface area contributed by atoms with Crippen molar-refractivity contribution < 1.29 is 44.7 Å². The third-order valence-electron chi connectivity index (χ3n) is 5.05. The summed E-state index contributed by atoms with van der Waals surface area (Å²) >= 11 is 4.76. The predicted molar refractivity (Wildman–Crippen MR) is 124 cm³/mol. The smallest absolute Gasteiger partial charge is 0.327 e. The van der Waals surface area contributed by atoms with Gasteiger partial charge < -0.3 is 36.6 Å². The van der Waals surface area contributed by atoms with E-state index in [2.05, 4.69) is 5.32 Å².